The number of nitrogens with zero attached hydrogens (tertiary/aromatic N) is 4. The average molecular weight is 434 g/mol. The first kappa shape index (κ1) is 20.5. The van der Waals surface area contributed by atoms with Gasteiger partial charge in [0, 0.05) is 30.2 Å². The van der Waals surface area contributed by atoms with E-state index in [4.69, 9.17) is 10.5 Å². The number of rotatable bonds is 4. The normalized spacial score (nSPS) is 21.9. The summed E-state index contributed by atoms with van der Waals surface area (Å²) in [6.07, 6.45) is 3.39. The van der Waals surface area contributed by atoms with Crippen molar-refractivity contribution in [2.45, 2.75) is 31.2 Å². The molecule has 0 aromatic carbocycles. The summed E-state index contributed by atoms with van der Waals surface area (Å²) in [5.74, 6) is -0.919. The summed E-state index contributed by atoms with van der Waals surface area (Å²) in [5, 5.41) is 9.05. The number of thiazole rings is 1. The Morgan fingerprint density at radius 1 is 1.37 bits per heavy atom. The number of halogens is 2. The van der Waals surface area contributed by atoms with E-state index in [1.807, 2.05) is 0 Å². The lowest BCUT2D eigenvalue weighted by molar-refractivity contribution is 0.0247. The van der Waals surface area contributed by atoms with Crippen molar-refractivity contribution >= 4 is 22.9 Å². The standard InChI is InChI=1S/C19H20F2N6O2S/c1-27-17(16-3-2-13(22)12(21)8-29-16)14(7-24-27)25-18(28)15-9-30-19(26-15)10-4-11(20)6-23-5-10/h4-7,9,12-13,16H,2-3,8,22H2,1H3,(H,25,28). The molecule has 0 saturated carbocycles. The third kappa shape index (κ3) is 4.23. The molecule has 11 heteroatoms. The lowest BCUT2D eigenvalue weighted by Gasteiger charge is -2.17. The van der Waals surface area contributed by atoms with E-state index >= 15 is 0 Å². The van der Waals surface area contributed by atoms with Crippen LogP contribution in [0, 0.1) is 5.82 Å². The summed E-state index contributed by atoms with van der Waals surface area (Å²) in [7, 11) is 1.73. The molecule has 0 radical (unpaired) electrons. The quantitative estimate of drug-likeness (QED) is 0.654. The Morgan fingerprint density at radius 3 is 3.00 bits per heavy atom. The van der Waals surface area contributed by atoms with E-state index in [0.717, 1.165) is 6.20 Å². The van der Waals surface area contributed by atoms with Gasteiger partial charge in [0.15, 0.2) is 0 Å². The van der Waals surface area contributed by atoms with Crippen molar-refractivity contribution in [1.29, 1.82) is 0 Å². The number of pyridine rings is 1. The molecule has 3 aromatic rings. The van der Waals surface area contributed by atoms with Crippen LogP contribution in [0.4, 0.5) is 14.5 Å². The van der Waals surface area contributed by atoms with Gasteiger partial charge in [-0.1, -0.05) is 0 Å². The Hall–Kier alpha value is -2.76. The number of nitrogens with one attached hydrogen (secondary N) is 1. The van der Waals surface area contributed by atoms with Gasteiger partial charge in [0.2, 0.25) is 0 Å². The van der Waals surface area contributed by atoms with Gasteiger partial charge in [0.1, 0.15) is 28.8 Å². The number of hydrogen-bond acceptors (Lipinski definition) is 7. The second kappa shape index (κ2) is 8.54. The van der Waals surface area contributed by atoms with E-state index in [9.17, 15) is 13.6 Å². The summed E-state index contributed by atoms with van der Waals surface area (Å²) >= 11 is 1.21. The molecule has 0 spiro atoms. The average Bonchev–Trinajstić information content (AvgIpc) is 3.32. The Morgan fingerprint density at radius 2 is 2.20 bits per heavy atom. The minimum Gasteiger partial charge on any atom is -0.369 e. The predicted molar refractivity (Wildman–Crippen MR) is 107 cm³/mol. The largest absolute Gasteiger partial charge is 0.369 e. The number of nitrogens with two attached hydrogens (primary N) is 1. The molecule has 1 fully saturated rings. The first-order valence-corrected chi connectivity index (χ1v) is 10.2. The molecule has 0 aliphatic carbocycles. The summed E-state index contributed by atoms with van der Waals surface area (Å²) in [4.78, 5) is 20.8. The Labute approximate surface area is 175 Å². The van der Waals surface area contributed by atoms with Gasteiger partial charge < -0.3 is 15.8 Å². The highest BCUT2D eigenvalue weighted by atomic mass is 32.1. The molecule has 3 atom stereocenters. The number of aromatic nitrogens is 4. The van der Waals surface area contributed by atoms with Crippen LogP contribution in [0.2, 0.25) is 0 Å². The van der Waals surface area contributed by atoms with Gasteiger partial charge in [-0.05, 0) is 18.9 Å². The maximum atomic E-state index is 13.9. The minimum atomic E-state index is -1.23. The molecule has 0 bridgehead atoms. The van der Waals surface area contributed by atoms with Gasteiger partial charge in [-0.15, -0.1) is 11.3 Å². The van der Waals surface area contributed by atoms with E-state index in [1.165, 1.54) is 29.8 Å². The third-order valence-corrected chi connectivity index (χ3v) is 5.80. The zero-order chi connectivity index (χ0) is 21.3. The number of hydrogen-bond donors (Lipinski definition) is 2. The highest BCUT2D eigenvalue weighted by Crippen LogP contribution is 2.32. The van der Waals surface area contributed by atoms with Gasteiger partial charge in [0.25, 0.3) is 5.91 Å². The number of anilines is 1. The zero-order valence-electron chi connectivity index (χ0n) is 16.1. The fourth-order valence-corrected chi connectivity index (χ4v) is 4.09. The molecule has 4 rings (SSSR count). The molecule has 1 amide bonds. The molecular weight excluding hydrogens is 414 g/mol. The van der Waals surface area contributed by atoms with Crippen molar-refractivity contribution in [3.05, 3.63) is 47.2 Å². The van der Waals surface area contributed by atoms with Crippen LogP contribution in [0.15, 0.2) is 30.0 Å². The maximum Gasteiger partial charge on any atom is 0.275 e. The maximum absolute atomic E-state index is 13.9. The first-order chi connectivity index (χ1) is 14.4. The number of amides is 1. The van der Waals surface area contributed by atoms with Crippen LogP contribution in [-0.2, 0) is 11.8 Å². The molecule has 1 aliphatic heterocycles. The van der Waals surface area contributed by atoms with Gasteiger partial charge in [0.05, 0.1) is 30.4 Å². The number of carbonyl (C=O) groups excluding carboxylic acids is 1. The van der Waals surface area contributed by atoms with Gasteiger partial charge in [-0.3, -0.25) is 14.5 Å². The van der Waals surface area contributed by atoms with Crippen LogP contribution in [0.1, 0.15) is 35.1 Å². The van der Waals surface area contributed by atoms with Crippen LogP contribution in [0.3, 0.4) is 0 Å². The zero-order valence-corrected chi connectivity index (χ0v) is 16.9. The number of aryl methyl sites for hydroxylation is 1. The highest BCUT2D eigenvalue weighted by molar-refractivity contribution is 7.13. The SMILES string of the molecule is Cn1ncc(NC(=O)c2csc(-c3cncc(F)c3)n2)c1C1CCC(N)C(F)CO1. The van der Waals surface area contributed by atoms with Gasteiger partial charge >= 0.3 is 0 Å². The van der Waals surface area contributed by atoms with Crippen LogP contribution in [0.5, 0.6) is 0 Å². The molecule has 1 aliphatic rings. The van der Waals surface area contributed by atoms with Crippen molar-refractivity contribution in [2.75, 3.05) is 11.9 Å². The van der Waals surface area contributed by atoms with Crippen molar-refractivity contribution in [1.82, 2.24) is 19.7 Å². The summed E-state index contributed by atoms with van der Waals surface area (Å²) in [5.41, 5.74) is 7.57. The highest BCUT2D eigenvalue weighted by Gasteiger charge is 2.30. The van der Waals surface area contributed by atoms with E-state index in [-0.39, 0.29) is 12.3 Å². The van der Waals surface area contributed by atoms with E-state index < -0.39 is 30.0 Å². The fraction of sp³-hybridized carbons (Fsp3) is 0.368. The van der Waals surface area contributed by atoms with Gasteiger partial charge in [-0.2, -0.15) is 5.10 Å². The van der Waals surface area contributed by atoms with Crippen LogP contribution in [0.25, 0.3) is 10.6 Å². The molecule has 3 N–H and O–H groups in total. The molecule has 30 heavy (non-hydrogen) atoms. The van der Waals surface area contributed by atoms with E-state index in [0.29, 0.717) is 34.8 Å². The molecule has 158 valence electrons. The Bertz CT molecular complexity index is 1040. The summed E-state index contributed by atoms with van der Waals surface area (Å²) < 4.78 is 34.5. The van der Waals surface area contributed by atoms with Crippen LogP contribution < -0.4 is 11.1 Å². The predicted octanol–water partition coefficient (Wildman–Crippen LogP) is 2.85. The van der Waals surface area contributed by atoms with Crippen LogP contribution in [-0.4, -0.2) is 44.5 Å². The summed E-state index contributed by atoms with van der Waals surface area (Å²) in [6, 6.07) is 0.728. The van der Waals surface area contributed by atoms with Crippen molar-refractivity contribution < 1.29 is 18.3 Å². The van der Waals surface area contributed by atoms with Gasteiger partial charge in [-0.25, -0.2) is 13.8 Å². The molecule has 3 aromatic heterocycles. The van der Waals surface area contributed by atoms with Crippen LogP contribution >= 0.6 is 11.3 Å². The van der Waals surface area contributed by atoms with E-state index in [1.54, 1.807) is 17.1 Å². The number of carbonyl (C=O) groups is 1. The van der Waals surface area contributed by atoms with Crippen molar-refractivity contribution in [3.63, 3.8) is 0 Å². The van der Waals surface area contributed by atoms with Crippen molar-refractivity contribution in [3.8, 4) is 10.6 Å². The second-order valence-electron chi connectivity index (χ2n) is 7.03. The van der Waals surface area contributed by atoms with Crippen molar-refractivity contribution in [2.24, 2.45) is 12.8 Å². The topological polar surface area (TPSA) is 108 Å². The number of ether oxygens (including phenoxy) is 1. The first-order valence-electron chi connectivity index (χ1n) is 9.33. The second-order valence-corrected chi connectivity index (χ2v) is 7.89. The monoisotopic (exact) mass is 434 g/mol. The lowest BCUT2D eigenvalue weighted by Crippen LogP contribution is -2.32. The molecule has 1 saturated heterocycles. The van der Waals surface area contributed by atoms with E-state index in [2.05, 4.69) is 20.4 Å². The molecule has 3 unspecified atom stereocenters. The lowest BCUT2D eigenvalue weighted by atomic mass is 10.0. The smallest absolute Gasteiger partial charge is 0.275 e. The minimum absolute atomic E-state index is 0.110. The Balaban J connectivity index is 1.52. The number of alkyl halides is 1. The Kier molecular flexibility index (Phi) is 5.84. The fourth-order valence-electron chi connectivity index (χ4n) is 3.31. The summed E-state index contributed by atoms with van der Waals surface area (Å²) in [6.45, 7) is -0.110. The molecule has 8 nitrogen and oxygen atoms in total. The molecule has 4 heterocycles. The third-order valence-electron chi connectivity index (χ3n) is 4.91. The molecular formula is C19H20F2N6O2S.